The van der Waals surface area contributed by atoms with Crippen molar-refractivity contribution in [3.05, 3.63) is 78.5 Å². The van der Waals surface area contributed by atoms with Gasteiger partial charge in [0.2, 0.25) is 5.91 Å². The van der Waals surface area contributed by atoms with E-state index in [0.29, 0.717) is 5.92 Å². The van der Waals surface area contributed by atoms with Crippen LogP contribution in [0, 0.1) is 11.8 Å². The summed E-state index contributed by atoms with van der Waals surface area (Å²) in [5.74, 6) is 0.466. The Morgan fingerprint density at radius 2 is 1.88 bits per heavy atom. The van der Waals surface area contributed by atoms with E-state index in [4.69, 9.17) is 0 Å². The third kappa shape index (κ3) is 3.06. The average Bonchev–Trinajstić information content (AvgIpc) is 3.41. The second-order valence-corrected chi connectivity index (χ2v) is 6.15. The smallest absolute Gasteiger partial charge is 0.228 e. The van der Waals surface area contributed by atoms with Gasteiger partial charge in [0, 0.05) is 17.5 Å². The molecule has 118 valence electrons. The third-order valence-corrected chi connectivity index (χ3v) is 4.40. The number of hydrogen-bond donors (Lipinski definition) is 1. The number of benzene rings is 2. The summed E-state index contributed by atoms with van der Waals surface area (Å²) in [5, 5.41) is 4.07. The molecule has 1 fully saturated rings. The van der Waals surface area contributed by atoms with E-state index in [1.807, 2.05) is 48.5 Å². The van der Waals surface area contributed by atoms with Crippen molar-refractivity contribution in [2.45, 2.75) is 6.42 Å². The van der Waals surface area contributed by atoms with Gasteiger partial charge in [-0.25, -0.2) is 0 Å². The molecule has 4 rings (SSSR count). The van der Waals surface area contributed by atoms with Gasteiger partial charge in [-0.15, -0.1) is 0 Å². The van der Waals surface area contributed by atoms with Crippen LogP contribution in [0.5, 0.6) is 0 Å². The molecule has 1 saturated carbocycles. The molecule has 24 heavy (non-hydrogen) atoms. The molecular formula is C21H18N2O. The van der Waals surface area contributed by atoms with Gasteiger partial charge in [-0.05, 0) is 30.0 Å². The molecule has 1 aliphatic carbocycles. The molecule has 1 amide bonds. The van der Waals surface area contributed by atoms with Crippen LogP contribution < -0.4 is 5.32 Å². The van der Waals surface area contributed by atoms with Gasteiger partial charge in [-0.2, -0.15) is 0 Å². The summed E-state index contributed by atoms with van der Waals surface area (Å²) in [6.45, 7) is 0. The molecule has 0 aliphatic heterocycles. The molecule has 0 unspecified atom stereocenters. The molecule has 3 nitrogen and oxygen atoms in total. The topological polar surface area (TPSA) is 42.0 Å². The molecule has 1 aliphatic rings. The van der Waals surface area contributed by atoms with E-state index in [1.165, 1.54) is 5.56 Å². The van der Waals surface area contributed by atoms with E-state index in [2.05, 4.69) is 34.6 Å². The van der Waals surface area contributed by atoms with Gasteiger partial charge in [-0.3, -0.25) is 9.78 Å². The van der Waals surface area contributed by atoms with Crippen LogP contribution in [0.3, 0.4) is 0 Å². The maximum absolute atomic E-state index is 12.5. The first-order chi connectivity index (χ1) is 11.8. The Hall–Kier alpha value is -2.94. The van der Waals surface area contributed by atoms with Gasteiger partial charge < -0.3 is 5.32 Å². The van der Waals surface area contributed by atoms with Crippen molar-refractivity contribution in [1.29, 1.82) is 0 Å². The molecule has 0 bridgehead atoms. The van der Waals surface area contributed by atoms with Gasteiger partial charge in [0.05, 0.1) is 11.2 Å². The monoisotopic (exact) mass is 314 g/mol. The van der Waals surface area contributed by atoms with E-state index >= 15 is 0 Å². The summed E-state index contributed by atoms with van der Waals surface area (Å²) in [7, 11) is 0. The van der Waals surface area contributed by atoms with Crippen molar-refractivity contribution in [3.8, 4) is 0 Å². The Labute approximate surface area is 141 Å². The zero-order chi connectivity index (χ0) is 16.4. The summed E-state index contributed by atoms with van der Waals surface area (Å²) in [5.41, 5.74) is 2.79. The molecule has 0 saturated heterocycles. The van der Waals surface area contributed by atoms with Gasteiger partial charge >= 0.3 is 0 Å². The van der Waals surface area contributed by atoms with Crippen LogP contribution >= 0.6 is 0 Å². The van der Waals surface area contributed by atoms with Crippen LogP contribution in [0.1, 0.15) is 12.0 Å². The van der Waals surface area contributed by atoms with Crippen LogP contribution in [-0.2, 0) is 4.79 Å². The molecule has 0 radical (unpaired) electrons. The first-order valence-electron chi connectivity index (χ1n) is 8.19. The number of fused-ring (bicyclic) bond motifs is 1. The fourth-order valence-electron chi connectivity index (χ4n) is 2.96. The van der Waals surface area contributed by atoms with E-state index in [0.717, 1.165) is 23.0 Å². The number of para-hydroxylation sites is 1. The number of rotatable bonds is 4. The number of hydrogen-bond acceptors (Lipinski definition) is 2. The lowest BCUT2D eigenvalue weighted by atomic mass is 10.1. The number of carbonyl (C=O) groups is 1. The maximum atomic E-state index is 12.5. The molecule has 3 heteroatoms. The Balaban J connectivity index is 1.43. The minimum Gasteiger partial charge on any atom is -0.324 e. The number of pyridine rings is 1. The molecular weight excluding hydrogens is 296 g/mol. The fourth-order valence-corrected chi connectivity index (χ4v) is 2.96. The lowest BCUT2D eigenvalue weighted by Crippen LogP contribution is -2.14. The number of nitrogens with zero attached hydrogens (tertiary/aromatic N) is 1. The SMILES string of the molecule is O=C(Nc1cccc2cccnc12)[C@@H]1C[C@@H]1/C=C/c1ccccc1. The minimum atomic E-state index is 0.0592. The van der Waals surface area contributed by atoms with Crippen molar-refractivity contribution in [2.24, 2.45) is 11.8 Å². The quantitative estimate of drug-likeness (QED) is 0.769. The van der Waals surface area contributed by atoms with Crippen LogP contribution in [0.25, 0.3) is 17.0 Å². The van der Waals surface area contributed by atoms with Crippen molar-refractivity contribution in [3.63, 3.8) is 0 Å². The first kappa shape index (κ1) is 14.6. The van der Waals surface area contributed by atoms with Gasteiger partial charge in [0.25, 0.3) is 0 Å². The van der Waals surface area contributed by atoms with Crippen molar-refractivity contribution in [2.75, 3.05) is 5.32 Å². The highest BCUT2D eigenvalue weighted by molar-refractivity contribution is 6.02. The van der Waals surface area contributed by atoms with Crippen LogP contribution in [0.15, 0.2) is 72.9 Å². The van der Waals surface area contributed by atoms with Gasteiger partial charge in [0.15, 0.2) is 0 Å². The Kier molecular flexibility index (Phi) is 3.83. The lowest BCUT2D eigenvalue weighted by molar-refractivity contribution is -0.117. The molecule has 2 atom stereocenters. The minimum absolute atomic E-state index is 0.0592. The highest BCUT2D eigenvalue weighted by Gasteiger charge is 2.41. The van der Waals surface area contributed by atoms with E-state index < -0.39 is 0 Å². The van der Waals surface area contributed by atoms with Crippen LogP contribution in [-0.4, -0.2) is 10.9 Å². The summed E-state index contributed by atoms with van der Waals surface area (Å²) in [6.07, 6.45) is 6.90. The molecule has 1 heterocycles. The second kappa shape index (κ2) is 6.28. The molecule has 1 N–H and O–H groups in total. The highest BCUT2D eigenvalue weighted by atomic mass is 16.2. The Bertz CT molecular complexity index is 897. The first-order valence-corrected chi connectivity index (χ1v) is 8.19. The van der Waals surface area contributed by atoms with E-state index in [1.54, 1.807) is 6.20 Å². The molecule has 2 aromatic carbocycles. The third-order valence-electron chi connectivity index (χ3n) is 4.40. The zero-order valence-electron chi connectivity index (χ0n) is 13.2. The number of allylic oxidation sites excluding steroid dienone is 1. The normalized spacial score (nSPS) is 19.5. The molecule has 3 aromatic rings. The van der Waals surface area contributed by atoms with Crippen molar-refractivity contribution in [1.82, 2.24) is 4.98 Å². The number of aromatic nitrogens is 1. The average molecular weight is 314 g/mol. The predicted molar refractivity (Wildman–Crippen MR) is 97.4 cm³/mol. The second-order valence-electron chi connectivity index (χ2n) is 6.15. The molecule has 0 spiro atoms. The lowest BCUT2D eigenvalue weighted by Gasteiger charge is -2.07. The van der Waals surface area contributed by atoms with Gasteiger partial charge in [-0.1, -0.05) is 60.7 Å². The summed E-state index contributed by atoms with van der Waals surface area (Å²) >= 11 is 0. The number of nitrogens with one attached hydrogen (secondary N) is 1. The highest BCUT2D eigenvalue weighted by Crippen LogP contribution is 2.41. The fraction of sp³-hybridized carbons (Fsp3) is 0.143. The number of carbonyl (C=O) groups excluding carboxylic acids is 1. The Morgan fingerprint density at radius 1 is 1.04 bits per heavy atom. The predicted octanol–water partition coefficient (Wildman–Crippen LogP) is 4.52. The Morgan fingerprint density at radius 3 is 2.75 bits per heavy atom. The van der Waals surface area contributed by atoms with E-state index in [9.17, 15) is 4.79 Å². The zero-order valence-corrected chi connectivity index (χ0v) is 13.2. The number of amides is 1. The summed E-state index contributed by atoms with van der Waals surface area (Å²) < 4.78 is 0. The van der Waals surface area contributed by atoms with Crippen molar-refractivity contribution >= 4 is 28.6 Å². The van der Waals surface area contributed by atoms with Crippen LogP contribution in [0.4, 0.5) is 5.69 Å². The maximum Gasteiger partial charge on any atom is 0.228 e. The largest absolute Gasteiger partial charge is 0.324 e. The van der Waals surface area contributed by atoms with Crippen LogP contribution in [0.2, 0.25) is 0 Å². The van der Waals surface area contributed by atoms with Gasteiger partial charge in [0.1, 0.15) is 0 Å². The number of anilines is 1. The summed E-state index contributed by atoms with van der Waals surface area (Å²) in [6, 6.07) is 19.9. The molecule has 1 aromatic heterocycles. The standard InChI is InChI=1S/C21H18N2O/c24-21(18-14-17(18)12-11-15-6-2-1-3-7-15)23-19-10-4-8-16-9-5-13-22-20(16)19/h1-13,17-18H,14H2,(H,23,24)/b12-11+/t17-,18+/m0/s1. The summed E-state index contributed by atoms with van der Waals surface area (Å²) in [4.78, 5) is 16.8. The van der Waals surface area contributed by atoms with Crippen molar-refractivity contribution < 1.29 is 4.79 Å². The van der Waals surface area contributed by atoms with E-state index in [-0.39, 0.29) is 11.8 Å².